The minimum atomic E-state index is -0.311. The van der Waals surface area contributed by atoms with Crippen molar-refractivity contribution in [2.24, 2.45) is 0 Å². The van der Waals surface area contributed by atoms with Gasteiger partial charge in [0.15, 0.2) is 5.76 Å². The van der Waals surface area contributed by atoms with E-state index in [1.165, 1.54) is 13.2 Å². The Morgan fingerprint density at radius 1 is 1.29 bits per heavy atom. The molecule has 0 aliphatic carbocycles. The summed E-state index contributed by atoms with van der Waals surface area (Å²) in [5, 5.41) is 3.25. The lowest BCUT2D eigenvalue weighted by atomic mass is 10.3. The van der Waals surface area contributed by atoms with Gasteiger partial charge in [0, 0.05) is 30.7 Å². The molecule has 0 aliphatic rings. The van der Waals surface area contributed by atoms with Crippen LogP contribution in [-0.2, 0) is 4.79 Å². The van der Waals surface area contributed by atoms with E-state index in [-0.39, 0.29) is 17.6 Å². The highest BCUT2D eigenvalue weighted by molar-refractivity contribution is 6.30. The van der Waals surface area contributed by atoms with Gasteiger partial charge in [-0.25, -0.2) is 0 Å². The standard InChI is InChI=1S/C15H15ClN2O3/c1-11(19)18(13-5-2-4-12(16)10-13)8-7-17-15(20)14-6-3-9-21-14/h2-6,9-10H,7-8H2,1H3,(H,17,20). The number of hydrogen-bond acceptors (Lipinski definition) is 3. The first kappa shape index (κ1) is 15.1. The van der Waals surface area contributed by atoms with Crippen molar-refractivity contribution in [2.75, 3.05) is 18.0 Å². The van der Waals surface area contributed by atoms with Crippen LogP contribution in [0.15, 0.2) is 47.1 Å². The van der Waals surface area contributed by atoms with Gasteiger partial charge in [0.1, 0.15) is 0 Å². The summed E-state index contributed by atoms with van der Waals surface area (Å²) >= 11 is 5.93. The number of hydrogen-bond donors (Lipinski definition) is 1. The average molecular weight is 307 g/mol. The monoisotopic (exact) mass is 306 g/mol. The van der Waals surface area contributed by atoms with Gasteiger partial charge in [0.2, 0.25) is 5.91 Å². The number of amides is 2. The normalized spacial score (nSPS) is 10.2. The molecular formula is C15H15ClN2O3. The maximum Gasteiger partial charge on any atom is 0.287 e. The molecule has 0 atom stereocenters. The third-order valence-corrected chi connectivity index (χ3v) is 3.10. The molecule has 2 rings (SSSR count). The van der Waals surface area contributed by atoms with Gasteiger partial charge in [-0.05, 0) is 30.3 Å². The van der Waals surface area contributed by atoms with E-state index in [1.54, 1.807) is 41.3 Å². The summed E-state index contributed by atoms with van der Waals surface area (Å²) in [7, 11) is 0. The molecule has 1 aromatic heterocycles. The highest BCUT2D eigenvalue weighted by Gasteiger charge is 2.13. The van der Waals surface area contributed by atoms with Gasteiger partial charge < -0.3 is 14.6 Å². The first-order chi connectivity index (χ1) is 10.1. The zero-order valence-corrected chi connectivity index (χ0v) is 12.3. The van der Waals surface area contributed by atoms with Gasteiger partial charge in [0.05, 0.1) is 6.26 Å². The van der Waals surface area contributed by atoms with Crippen molar-refractivity contribution in [3.05, 3.63) is 53.4 Å². The second kappa shape index (κ2) is 6.95. The van der Waals surface area contributed by atoms with Gasteiger partial charge in [-0.3, -0.25) is 9.59 Å². The second-order valence-corrected chi connectivity index (χ2v) is 4.82. The predicted molar refractivity (Wildman–Crippen MR) is 80.5 cm³/mol. The molecule has 0 saturated carbocycles. The van der Waals surface area contributed by atoms with Crippen LogP contribution < -0.4 is 10.2 Å². The lowest BCUT2D eigenvalue weighted by molar-refractivity contribution is -0.116. The molecule has 1 N–H and O–H groups in total. The lowest BCUT2D eigenvalue weighted by Crippen LogP contribution is -2.37. The highest BCUT2D eigenvalue weighted by Crippen LogP contribution is 2.19. The molecule has 0 radical (unpaired) electrons. The zero-order chi connectivity index (χ0) is 15.2. The summed E-state index contributed by atoms with van der Waals surface area (Å²) < 4.78 is 4.99. The molecule has 0 fully saturated rings. The fraction of sp³-hybridized carbons (Fsp3) is 0.200. The van der Waals surface area contributed by atoms with E-state index in [1.807, 2.05) is 0 Å². The number of anilines is 1. The van der Waals surface area contributed by atoms with Crippen LogP contribution in [0.3, 0.4) is 0 Å². The molecule has 6 heteroatoms. The van der Waals surface area contributed by atoms with E-state index in [9.17, 15) is 9.59 Å². The van der Waals surface area contributed by atoms with E-state index in [2.05, 4.69) is 5.32 Å². The molecule has 21 heavy (non-hydrogen) atoms. The number of nitrogens with one attached hydrogen (secondary N) is 1. The van der Waals surface area contributed by atoms with Crippen LogP contribution in [0.1, 0.15) is 17.5 Å². The number of halogens is 1. The quantitative estimate of drug-likeness (QED) is 0.924. The number of benzene rings is 1. The fourth-order valence-corrected chi connectivity index (χ4v) is 2.07. The molecule has 5 nitrogen and oxygen atoms in total. The van der Waals surface area contributed by atoms with Crippen LogP contribution in [0.25, 0.3) is 0 Å². The van der Waals surface area contributed by atoms with Gasteiger partial charge in [-0.2, -0.15) is 0 Å². The van der Waals surface area contributed by atoms with Gasteiger partial charge in [-0.15, -0.1) is 0 Å². The number of carbonyl (C=O) groups is 2. The van der Waals surface area contributed by atoms with Crippen molar-refractivity contribution in [1.82, 2.24) is 5.32 Å². The summed E-state index contributed by atoms with van der Waals surface area (Å²) in [6.07, 6.45) is 1.43. The van der Waals surface area contributed by atoms with Crippen LogP contribution in [-0.4, -0.2) is 24.9 Å². The Morgan fingerprint density at radius 2 is 2.10 bits per heavy atom. The van der Waals surface area contributed by atoms with Crippen LogP contribution in [0.4, 0.5) is 5.69 Å². The Morgan fingerprint density at radius 3 is 2.71 bits per heavy atom. The molecule has 0 aliphatic heterocycles. The first-order valence-electron chi connectivity index (χ1n) is 6.43. The van der Waals surface area contributed by atoms with E-state index < -0.39 is 0 Å². The van der Waals surface area contributed by atoms with E-state index >= 15 is 0 Å². The van der Waals surface area contributed by atoms with Crippen LogP contribution in [0.2, 0.25) is 5.02 Å². The Kier molecular flexibility index (Phi) is 5.00. The van der Waals surface area contributed by atoms with Crippen LogP contribution in [0.5, 0.6) is 0 Å². The van der Waals surface area contributed by atoms with Crippen molar-refractivity contribution in [3.8, 4) is 0 Å². The Labute approximate surface area is 127 Å². The number of furan rings is 1. The molecule has 1 aromatic carbocycles. The van der Waals surface area contributed by atoms with Crippen molar-refractivity contribution < 1.29 is 14.0 Å². The fourth-order valence-electron chi connectivity index (χ4n) is 1.89. The smallest absolute Gasteiger partial charge is 0.287 e. The maximum atomic E-state index is 11.7. The number of rotatable bonds is 5. The summed E-state index contributed by atoms with van der Waals surface area (Å²) in [6.45, 7) is 2.13. The Bertz CT molecular complexity index is 626. The molecular weight excluding hydrogens is 292 g/mol. The van der Waals surface area contributed by atoms with E-state index in [0.29, 0.717) is 23.8 Å². The number of carbonyl (C=O) groups excluding carboxylic acids is 2. The van der Waals surface area contributed by atoms with Gasteiger partial charge >= 0.3 is 0 Å². The maximum absolute atomic E-state index is 11.7. The van der Waals surface area contributed by atoms with Crippen molar-refractivity contribution >= 4 is 29.1 Å². The topological polar surface area (TPSA) is 62.6 Å². The second-order valence-electron chi connectivity index (χ2n) is 4.38. The van der Waals surface area contributed by atoms with E-state index in [4.69, 9.17) is 16.0 Å². The minimum absolute atomic E-state index is 0.121. The molecule has 0 saturated heterocycles. The first-order valence-corrected chi connectivity index (χ1v) is 6.81. The minimum Gasteiger partial charge on any atom is -0.459 e. The lowest BCUT2D eigenvalue weighted by Gasteiger charge is -2.21. The zero-order valence-electron chi connectivity index (χ0n) is 11.5. The Hall–Kier alpha value is -2.27. The van der Waals surface area contributed by atoms with Crippen LogP contribution in [0, 0.1) is 0 Å². The molecule has 1 heterocycles. The SMILES string of the molecule is CC(=O)N(CCNC(=O)c1ccco1)c1cccc(Cl)c1. The molecule has 2 amide bonds. The van der Waals surface area contributed by atoms with Gasteiger partial charge in [-0.1, -0.05) is 17.7 Å². The molecule has 0 spiro atoms. The van der Waals surface area contributed by atoms with Crippen molar-refractivity contribution in [3.63, 3.8) is 0 Å². The highest BCUT2D eigenvalue weighted by atomic mass is 35.5. The Balaban J connectivity index is 1.95. The molecule has 0 bridgehead atoms. The van der Waals surface area contributed by atoms with E-state index in [0.717, 1.165) is 0 Å². The molecule has 0 unspecified atom stereocenters. The number of nitrogens with zero attached hydrogens (tertiary/aromatic N) is 1. The molecule has 2 aromatic rings. The van der Waals surface area contributed by atoms with Gasteiger partial charge in [0.25, 0.3) is 5.91 Å². The molecule has 110 valence electrons. The summed E-state index contributed by atoms with van der Waals surface area (Å²) in [6, 6.07) is 10.2. The summed E-state index contributed by atoms with van der Waals surface area (Å²) in [5.74, 6) is -0.189. The summed E-state index contributed by atoms with van der Waals surface area (Å²) in [5.41, 5.74) is 0.697. The summed E-state index contributed by atoms with van der Waals surface area (Å²) in [4.78, 5) is 25.0. The third kappa shape index (κ3) is 4.10. The van der Waals surface area contributed by atoms with Crippen LogP contribution >= 0.6 is 11.6 Å². The van der Waals surface area contributed by atoms with Crippen molar-refractivity contribution in [2.45, 2.75) is 6.92 Å². The van der Waals surface area contributed by atoms with Crippen molar-refractivity contribution in [1.29, 1.82) is 0 Å². The largest absolute Gasteiger partial charge is 0.459 e. The average Bonchev–Trinajstić information content (AvgIpc) is 2.97. The third-order valence-electron chi connectivity index (χ3n) is 2.87. The predicted octanol–water partition coefficient (Wildman–Crippen LogP) is 2.72.